The Balaban J connectivity index is 2.30. The van der Waals surface area contributed by atoms with Crippen molar-refractivity contribution in [3.63, 3.8) is 0 Å². The van der Waals surface area contributed by atoms with Crippen LogP contribution in [0.1, 0.15) is 12.0 Å². The van der Waals surface area contributed by atoms with E-state index in [1.54, 1.807) is 0 Å². The number of allylic oxidation sites excluding steroid dienone is 4. The third-order valence-corrected chi connectivity index (χ3v) is 2.51. The molecule has 2 rings (SSSR count). The van der Waals surface area contributed by atoms with Crippen molar-refractivity contribution in [1.82, 2.24) is 0 Å². The zero-order valence-electron chi connectivity index (χ0n) is 6.63. The van der Waals surface area contributed by atoms with Gasteiger partial charge in [0.25, 0.3) is 0 Å². The van der Waals surface area contributed by atoms with Crippen LogP contribution in [0.3, 0.4) is 0 Å². The molecule has 1 heteroatoms. The van der Waals surface area contributed by atoms with Gasteiger partial charge in [0.15, 0.2) is 0 Å². The summed E-state index contributed by atoms with van der Waals surface area (Å²) in [6.45, 7) is 0. The van der Waals surface area contributed by atoms with E-state index >= 15 is 0 Å². The van der Waals surface area contributed by atoms with E-state index in [1.807, 2.05) is 0 Å². The van der Waals surface area contributed by atoms with E-state index in [4.69, 9.17) is 0 Å². The van der Waals surface area contributed by atoms with Crippen molar-refractivity contribution in [2.24, 2.45) is 0 Å². The summed E-state index contributed by atoms with van der Waals surface area (Å²) in [5.41, 5.74) is 2.73. The van der Waals surface area contributed by atoms with Crippen LogP contribution in [0.4, 0.5) is 0 Å². The summed E-state index contributed by atoms with van der Waals surface area (Å²) in [5.74, 6) is 0. The van der Waals surface area contributed by atoms with Gasteiger partial charge in [0.05, 0.1) is 0 Å². The maximum absolute atomic E-state index is 3.42. The van der Waals surface area contributed by atoms with E-state index in [2.05, 4.69) is 58.4 Å². The van der Waals surface area contributed by atoms with Gasteiger partial charge in [-0.05, 0) is 29.7 Å². The maximum Gasteiger partial charge on any atom is 0.0175 e. The van der Waals surface area contributed by atoms with E-state index in [-0.39, 0.29) is 0 Å². The van der Waals surface area contributed by atoms with Gasteiger partial charge in [0.1, 0.15) is 0 Å². The molecule has 0 aromatic heterocycles. The summed E-state index contributed by atoms with van der Waals surface area (Å²) in [5, 5.41) is 0. The minimum atomic E-state index is 1.07. The second-order valence-electron chi connectivity index (χ2n) is 2.83. The van der Waals surface area contributed by atoms with Gasteiger partial charge in [-0.25, -0.2) is 0 Å². The molecule has 0 heterocycles. The van der Waals surface area contributed by atoms with Crippen LogP contribution in [0.2, 0.25) is 0 Å². The van der Waals surface area contributed by atoms with Gasteiger partial charge in [0, 0.05) is 4.47 Å². The highest BCUT2D eigenvalue weighted by Crippen LogP contribution is 2.24. The summed E-state index contributed by atoms with van der Waals surface area (Å²) >= 11 is 3.42. The van der Waals surface area contributed by atoms with Crippen LogP contribution in [0.15, 0.2) is 47.0 Å². The molecular weight excluding hydrogens is 212 g/mol. The lowest BCUT2D eigenvalue weighted by Gasteiger charge is -2.00. The quantitative estimate of drug-likeness (QED) is 0.676. The summed E-state index contributed by atoms with van der Waals surface area (Å²) in [7, 11) is 0. The molecule has 0 fully saturated rings. The molecule has 0 bridgehead atoms. The predicted octanol–water partition coefficient (Wildman–Crippen LogP) is 3.79. The van der Waals surface area contributed by atoms with Gasteiger partial charge in [-0.3, -0.25) is 0 Å². The lowest BCUT2D eigenvalue weighted by Crippen LogP contribution is -1.78. The molecule has 0 nitrogen and oxygen atoms in total. The Morgan fingerprint density at radius 2 is 1.83 bits per heavy atom. The SMILES string of the molecule is Brc1ccc(C2=CC=CC2)cc1. The Kier molecular flexibility index (Phi) is 2.13. The molecule has 0 saturated heterocycles. The first-order valence-electron chi connectivity index (χ1n) is 3.98. The van der Waals surface area contributed by atoms with Crippen LogP contribution in [-0.2, 0) is 0 Å². The monoisotopic (exact) mass is 220 g/mol. The van der Waals surface area contributed by atoms with Crippen LogP contribution < -0.4 is 0 Å². The molecule has 0 aliphatic heterocycles. The Bertz CT molecular complexity index is 331. The van der Waals surface area contributed by atoms with E-state index < -0.39 is 0 Å². The van der Waals surface area contributed by atoms with E-state index in [1.165, 1.54) is 11.1 Å². The van der Waals surface area contributed by atoms with Crippen LogP contribution in [0, 0.1) is 0 Å². The smallest absolute Gasteiger partial charge is 0.0175 e. The Morgan fingerprint density at radius 3 is 2.42 bits per heavy atom. The Morgan fingerprint density at radius 1 is 1.08 bits per heavy atom. The van der Waals surface area contributed by atoms with Crippen LogP contribution in [0.5, 0.6) is 0 Å². The fourth-order valence-corrected chi connectivity index (χ4v) is 1.59. The summed E-state index contributed by atoms with van der Waals surface area (Å²) < 4.78 is 1.14. The van der Waals surface area contributed by atoms with Crippen molar-refractivity contribution in [3.05, 3.63) is 52.5 Å². The zero-order valence-corrected chi connectivity index (χ0v) is 8.21. The van der Waals surface area contributed by atoms with Crippen molar-refractivity contribution in [2.75, 3.05) is 0 Å². The third-order valence-electron chi connectivity index (χ3n) is 1.99. The van der Waals surface area contributed by atoms with Gasteiger partial charge in [-0.2, -0.15) is 0 Å². The predicted molar refractivity (Wildman–Crippen MR) is 55.9 cm³/mol. The molecule has 60 valence electrons. The molecular formula is C11H9Br. The van der Waals surface area contributed by atoms with Crippen LogP contribution >= 0.6 is 15.9 Å². The highest BCUT2D eigenvalue weighted by atomic mass is 79.9. The number of hydrogen-bond donors (Lipinski definition) is 0. The Labute approximate surface area is 80.7 Å². The third kappa shape index (κ3) is 1.51. The molecule has 0 amide bonds. The fourth-order valence-electron chi connectivity index (χ4n) is 1.33. The number of hydrogen-bond acceptors (Lipinski definition) is 0. The molecule has 0 saturated carbocycles. The highest BCUT2D eigenvalue weighted by Gasteiger charge is 2.01. The van der Waals surface area contributed by atoms with Crippen molar-refractivity contribution in [2.45, 2.75) is 6.42 Å². The lowest BCUT2D eigenvalue weighted by atomic mass is 10.1. The first kappa shape index (κ1) is 7.81. The largest absolute Gasteiger partial charge is 0.0801 e. The average molecular weight is 221 g/mol. The van der Waals surface area contributed by atoms with Gasteiger partial charge in [-0.1, -0.05) is 46.3 Å². The minimum Gasteiger partial charge on any atom is -0.0801 e. The molecule has 0 spiro atoms. The molecule has 1 aromatic carbocycles. The van der Waals surface area contributed by atoms with Gasteiger partial charge in [-0.15, -0.1) is 0 Å². The highest BCUT2D eigenvalue weighted by molar-refractivity contribution is 9.10. The molecule has 0 unspecified atom stereocenters. The van der Waals surface area contributed by atoms with E-state index in [0.717, 1.165) is 10.9 Å². The lowest BCUT2D eigenvalue weighted by molar-refractivity contribution is 1.43. The van der Waals surface area contributed by atoms with Gasteiger partial charge < -0.3 is 0 Å². The van der Waals surface area contributed by atoms with Gasteiger partial charge in [0.2, 0.25) is 0 Å². The van der Waals surface area contributed by atoms with Crippen molar-refractivity contribution >= 4 is 21.5 Å². The van der Waals surface area contributed by atoms with Gasteiger partial charge >= 0.3 is 0 Å². The second-order valence-corrected chi connectivity index (χ2v) is 3.75. The van der Waals surface area contributed by atoms with E-state index in [0.29, 0.717) is 0 Å². The van der Waals surface area contributed by atoms with Crippen molar-refractivity contribution in [1.29, 1.82) is 0 Å². The molecule has 0 atom stereocenters. The second kappa shape index (κ2) is 3.28. The fraction of sp³-hybridized carbons (Fsp3) is 0.0909. The van der Waals surface area contributed by atoms with Crippen molar-refractivity contribution in [3.8, 4) is 0 Å². The average Bonchev–Trinajstić information content (AvgIpc) is 2.58. The molecule has 1 aliphatic rings. The Hall–Kier alpha value is -0.820. The topological polar surface area (TPSA) is 0 Å². The standard InChI is InChI=1S/C11H9Br/c12-11-7-5-10(6-8-11)9-3-1-2-4-9/h1-3,5-8H,4H2. The molecule has 0 radical (unpaired) electrons. The zero-order chi connectivity index (χ0) is 8.39. The summed E-state index contributed by atoms with van der Waals surface area (Å²) in [6.07, 6.45) is 7.53. The van der Waals surface area contributed by atoms with Crippen LogP contribution in [-0.4, -0.2) is 0 Å². The minimum absolute atomic E-state index is 1.07. The normalized spacial score (nSPS) is 14.9. The molecule has 1 aliphatic carbocycles. The summed E-state index contributed by atoms with van der Waals surface area (Å²) in [4.78, 5) is 0. The van der Waals surface area contributed by atoms with E-state index in [9.17, 15) is 0 Å². The molecule has 1 aromatic rings. The number of rotatable bonds is 1. The number of benzene rings is 1. The van der Waals surface area contributed by atoms with Crippen molar-refractivity contribution < 1.29 is 0 Å². The summed E-state index contributed by atoms with van der Waals surface area (Å²) in [6, 6.07) is 8.44. The first-order chi connectivity index (χ1) is 5.86. The molecule has 12 heavy (non-hydrogen) atoms. The first-order valence-corrected chi connectivity index (χ1v) is 4.77. The maximum atomic E-state index is 3.42. The van der Waals surface area contributed by atoms with Crippen LogP contribution in [0.25, 0.3) is 5.57 Å². The number of halogens is 1. The molecule has 0 N–H and O–H groups in total.